The Labute approximate surface area is 176 Å². The molecule has 1 aliphatic heterocycles. The summed E-state index contributed by atoms with van der Waals surface area (Å²) in [5.41, 5.74) is 1.40. The molecule has 0 bridgehead atoms. The molecule has 2 aromatic carbocycles. The van der Waals surface area contributed by atoms with Gasteiger partial charge in [0, 0.05) is 24.8 Å². The van der Waals surface area contributed by atoms with E-state index in [-0.39, 0.29) is 11.4 Å². The molecule has 2 amide bonds. The van der Waals surface area contributed by atoms with E-state index in [1.165, 1.54) is 23.5 Å². The van der Waals surface area contributed by atoms with Crippen molar-refractivity contribution in [2.75, 3.05) is 25.5 Å². The largest absolute Gasteiger partial charge is 0.497 e. The molecular formula is C21H25N3O5S. The van der Waals surface area contributed by atoms with Gasteiger partial charge in [-0.2, -0.15) is 4.31 Å². The van der Waals surface area contributed by atoms with Crippen molar-refractivity contribution in [2.45, 2.75) is 30.7 Å². The normalized spacial score (nSPS) is 16.8. The summed E-state index contributed by atoms with van der Waals surface area (Å²) < 4.78 is 32.4. The molecule has 0 aliphatic carbocycles. The molecule has 0 saturated carbocycles. The molecule has 0 radical (unpaired) electrons. The fourth-order valence-electron chi connectivity index (χ4n) is 3.40. The van der Waals surface area contributed by atoms with Crippen molar-refractivity contribution in [1.29, 1.82) is 0 Å². The minimum Gasteiger partial charge on any atom is -0.497 e. The lowest BCUT2D eigenvalue weighted by Crippen LogP contribution is -2.45. The standard InChI is InChI=1S/C21H25N3O5S/c1-15-6-3-4-8-19(15)23-21(26)20(25)22-14-16-7-5-13-24(16)30(27,28)18-11-9-17(29-2)10-12-18/h3-4,6,8-12,16H,5,7,13-14H2,1-2H3,(H,22,25)(H,23,26)/t16-/m1/s1. The van der Waals surface area contributed by atoms with Crippen molar-refractivity contribution in [2.24, 2.45) is 0 Å². The topological polar surface area (TPSA) is 105 Å². The average molecular weight is 432 g/mol. The molecule has 1 fully saturated rings. The second-order valence-corrected chi connectivity index (χ2v) is 8.96. The van der Waals surface area contributed by atoms with Gasteiger partial charge >= 0.3 is 11.8 Å². The average Bonchev–Trinajstić information content (AvgIpc) is 3.23. The number of amides is 2. The Morgan fingerprint density at radius 3 is 2.47 bits per heavy atom. The van der Waals surface area contributed by atoms with Crippen LogP contribution in [0.2, 0.25) is 0 Å². The van der Waals surface area contributed by atoms with Gasteiger partial charge < -0.3 is 15.4 Å². The van der Waals surface area contributed by atoms with E-state index in [0.717, 1.165) is 5.56 Å². The molecule has 8 nitrogen and oxygen atoms in total. The first-order chi connectivity index (χ1) is 14.3. The van der Waals surface area contributed by atoms with Crippen LogP contribution < -0.4 is 15.4 Å². The lowest BCUT2D eigenvalue weighted by atomic mass is 10.2. The molecule has 0 aromatic heterocycles. The summed E-state index contributed by atoms with van der Waals surface area (Å²) in [6, 6.07) is 12.9. The molecule has 160 valence electrons. The smallest absolute Gasteiger partial charge is 0.313 e. The van der Waals surface area contributed by atoms with Crippen molar-refractivity contribution in [3.05, 3.63) is 54.1 Å². The molecule has 1 atom stereocenters. The summed E-state index contributed by atoms with van der Waals surface area (Å²) in [5, 5.41) is 5.13. The monoisotopic (exact) mass is 431 g/mol. The Bertz CT molecular complexity index is 1020. The third kappa shape index (κ3) is 4.80. The van der Waals surface area contributed by atoms with Gasteiger partial charge in [0.05, 0.1) is 12.0 Å². The minimum absolute atomic E-state index is 0.0649. The summed E-state index contributed by atoms with van der Waals surface area (Å²) >= 11 is 0. The van der Waals surface area contributed by atoms with Gasteiger partial charge in [-0.15, -0.1) is 0 Å². The van der Waals surface area contributed by atoms with Gasteiger partial charge in [-0.1, -0.05) is 18.2 Å². The van der Waals surface area contributed by atoms with Gasteiger partial charge in [0.25, 0.3) is 0 Å². The number of sulfonamides is 1. The first kappa shape index (κ1) is 21.8. The maximum atomic E-state index is 13.0. The number of hydrogen-bond acceptors (Lipinski definition) is 5. The van der Waals surface area contributed by atoms with E-state index in [2.05, 4.69) is 10.6 Å². The molecule has 0 spiro atoms. The number of nitrogens with zero attached hydrogens (tertiary/aromatic N) is 1. The number of para-hydroxylation sites is 1. The number of ether oxygens (including phenoxy) is 1. The predicted molar refractivity (Wildman–Crippen MR) is 113 cm³/mol. The maximum Gasteiger partial charge on any atom is 0.313 e. The molecule has 9 heteroatoms. The van der Waals surface area contributed by atoms with E-state index in [1.54, 1.807) is 24.3 Å². The summed E-state index contributed by atoms with van der Waals surface area (Å²) in [6.45, 7) is 2.26. The number of nitrogens with one attached hydrogen (secondary N) is 2. The molecule has 1 aliphatic rings. The Hall–Kier alpha value is -2.91. The molecule has 2 aromatic rings. The Morgan fingerprint density at radius 2 is 1.80 bits per heavy atom. The summed E-state index contributed by atoms with van der Waals surface area (Å²) in [5.74, 6) is -1.02. The highest BCUT2D eigenvalue weighted by Gasteiger charge is 2.35. The Kier molecular flexibility index (Phi) is 6.73. The highest BCUT2D eigenvalue weighted by Crippen LogP contribution is 2.27. The number of methoxy groups -OCH3 is 1. The van der Waals surface area contributed by atoms with Crippen LogP contribution in [0.3, 0.4) is 0 Å². The predicted octanol–water partition coefficient (Wildman–Crippen LogP) is 1.91. The van der Waals surface area contributed by atoms with Crippen molar-refractivity contribution >= 4 is 27.5 Å². The van der Waals surface area contributed by atoms with E-state index in [1.807, 2.05) is 19.1 Å². The van der Waals surface area contributed by atoms with E-state index in [0.29, 0.717) is 30.8 Å². The molecule has 1 saturated heterocycles. The van der Waals surface area contributed by atoms with Crippen LogP contribution in [0.4, 0.5) is 5.69 Å². The second-order valence-electron chi connectivity index (χ2n) is 7.07. The lowest BCUT2D eigenvalue weighted by molar-refractivity contribution is -0.136. The molecule has 30 heavy (non-hydrogen) atoms. The quantitative estimate of drug-likeness (QED) is 0.680. The van der Waals surface area contributed by atoms with Gasteiger partial charge in [0.2, 0.25) is 10.0 Å². The highest BCUT2D eigenvalue weighted by atomic mass is 32.2. The van der Waals surface area contributed by atoms with E-state index in [9.17, 15) is 18.0 Å². The minimum atomic E-state index is -3.71. The van der Waals surface area contributed by atoms with Crippen LogP contribution in [0, 0.1) is 6.92 Å². The number of carbonyl (C=O) groups excluding carboxylic acids is 2. The van der Waals surface area contributed by atoms with Crippen LogP contribution in [0.5, 0.6) is 5.75 Å². The Morgan fingerprint density at radius 1 is 1.10 bits per heavy atom. The van der Waals surface area contributed by atoms with Crippen LogP contribution in [0.25, 0.3) is 0 Å². The van der Waals surface area contributed by atoms with Crippen molar-refractivity contribution in [1.82, 2.24) is 9.62 Å². The van der Waals surface area contributed by atoms with E-state index in [4.69, 9.17) is 4.74 Å². The lowest BCUT2D eigenvalue weighted by Gasteiger charge is -2.24. The zero-order chi connectivity index (χ0) is 21.7. The SMILES string of the molecule is COc1ccc(S(=O)(=O)N2CCC[C@@H]2CNC(=O)C(=O)Nc2ccccc2C)cc1. The fourth-order valence-corrected chi connectivity index (χ4v) is 5.09. The third-order valence-electron chi connectivity index (χ3n) is 5.09. The number of benzene rings is 2. The highest BCUT2D eigenvalue weighted by molar-refractivity contribution is 7.89. The summed E-state index contributed by atoms with van der Waals surface area (Å²) in [4.78, 5) is 24.5. The molecule has 2 N–H and O–H groups in total. The second kappa shape index (κ2) is 9.27. The van der Waals surface area contributed by atoms with Crippen LogP contribution >= 0.6 is 0 Å². The summed E-state index contributed by atoms with van der Waals surface area (Å²) in [7, 11) is -2.20. The zero-order valence-corrected chi connectivity index (χ0v) is 17.7. The molecule has 0 unspecified atom stereocenters. The number of anilines is 1. The number of rotatable bonds is 6. The van der Waals surface area contributed by atoms with Crippen LogP contribution in [0.1, 0.15) is 18.4 Å². The molecular weight excluding hydrogens is 406 g/mol. The fraction of sp³-hybridized carbons (Fsp3) is 0.333. The Balaban J connectivity index is 1.62. The van der Waals surface area contributed by atoms with Gasteiger partial charge in [0.15, 0.2) is 0 Å². The maximum absolute atomic E-state index is 13.0. The van der Waals surface area contributed by atoms with Crippen molar-refractivity contribution in [3.8, 4) is 5.75 Å². The summed E-state index contributed by atoms with van der Waals surface area (Å²) in [6.07, 6.45) is 1.29. The van der Waals surface area contributed by atoms with Crippen LogP contribution in [-0.4, -0.2) is 50.8 Å². The molecule has 3 rings (SSSR count). The van der Waals surface area contributed by atoms with Crippen LogP contribution in [0.15, 0.2) is 53.4 Å². The van der Waals surface area contributed by atoms with Gasteiger partial charge in [-0.25, -0.2) is 8.42 Å². The number of aryl methyl sites for hydroxylation is 1. The van der Waals surface area contributed by atoms with Gasteiger partial charge in [-0.05, 0) is 55.7 Å². The van der Waals surface area contributed by atoms with Crippen LogP contribution in [-0.2, 0) is 19.6 Å². The molecule has 1 heterocycles. The van der Waals surface area contributed by atoms with E-state index >= 15 is 0 Å². The zero-order valence-electron chi connectivity index (χ0n) is 16.9. The first-order valence-corrected chi connectivity index (χ1v) is 11.1. The van der Waals surface area contributed by atoms with E-state index < -0.39 is 27.9 Å². The van der Waals surface area contributed by atoms with Crippen molar-refractivity contribution in [3.63, 3.8) is 0 Å². The van der Waals surface area contributed by atoms with Gasteiger partial charge in [-0.3, -0.25) is 9.59 Å². The third-order valence-corrected chi connectivity index (χ3v) is 7.05. The van der Waals surface area contributed by atoms with Gasteiger partial charge in [0.1, 0.15) is 5.75 Å². The first-order valence-electron chi connectivity index (χ1n) is 9.63. The number of carbonyl (C=O) groups is 2. The number of hydrogen-bond donors (Lipinski definition) is 2. The van der Waals surface area contributed by atoms with Crippen molar-refractivity contribution < 1.29 is 22.7 Å².